The lowest BCUT2D eigenvalue weighted by molar-refractivity contribution is -0.0725. The van der Waals surface area contributed by atoms with Crippen molar-refractivity contribution in [3.63, 3.8) is 0 Å². The normalized spacial score (nSPS) is 41.5. The van der Waals surface area contributed by atoms with Crippen LogP contribution in [-0.4, -0.2) is 21.6 Å². The maximum absolute atomic E-state index is 14.5. The highest BCUT2D eigenvalue weighted by atomic mass is 19.4. The van der Waals surface area contributed by atoms with Crippen molar-refractivity contribution in [2.75, 3.05) is 0 Å². The van der Waals surface area contributed by atoms with Crippen LogP contribution < -0.4 is 10.6 Å². The van der Waals surface area contributed by atoms with Gasteiger partial charge in [0.25, 0.3) is 0 Å². The summed E-state index contributed by atoms with van der Waals surface area (Å²) in [4.78, 5) is 6.69. The molecular formula is C28H27F3N2. The summed E-state index contributed by atoms with van der Waals surface area (Å²) in [6, 6.07) is 1.95. The zero-order valence-electron chi connectivity index (χ0n) is 19.0. The molecule has 0 spiro atoms. The molecule has 0 saturated heterocycles. The van der Waals surface area contributed by atoms with E-state index in [2.05, 4.69) is 36.5 Å². The summed E-state index contributed by atoms with van der Waals surface area (Å²) in [5.41, 5.74) is 5.52. The fourth-order valence-electron chi connectivity index (χ4n) is 9.08. The quantitative estimate of drug-likeness (QED) is 0.527. The Kier molecular flexibility index (Phi) is 3.08. The molecule has 5 heteroatoms. The van der Waals surface area contributed by atoms with Crippen molar-refractivity contribution in [2.24, 2.45) is 23.7 Å². The van der Waals surface area contributed by atoms with Crippen molar-refractivity contribution in [3.05, 3.63) is 63.5 Å². The molecule has 170 valence electrons. The number of pyridine rings is 1. The minimum Gasteiger partial charge on any atom is -0.336 e. The first kappa shape index (κ1) is 19.1. The van der Waals surface area contributed by atoms with E-state index < -0.39 is 11.7 Å². The lowest BCUT2D eigenvalue weighted by Crippen LogP contribution is -2.54. The Morgan fingerprint density at radius 2 is 1.76 bits per heavy atom. The Morgan fingerprint density at radius 1 is 1.06 bits per heavy atom. The van der Waals surface area contributed by atoms with E-state index in [9.17, 15) is 13.2 Å². The first-order valence-corrected chi connectivity index (χ1v) is 12.4. The number of halogens is 3. The minimum absolute atomic E-state index is 0.0523. The number of alkyl halides is 3. The zero-order chi connectivity index (χ0) is 22.7. The largest absolute Gasteiger partial charge is 0.415 e. The molecule has 4 bridgehead atoms. The van der Waals surface area contributed by atoms with Gasteiger partial charge in [-0.25, -0.2) is 0 Å². The molecule has 1 aromatic heterocycles. The predicted octanol–water partition coefficient (Wildman–Crippen LogP) is 4.86. The van der Waals surface area contributed by atoms with E-state index in [1.165, 1.54) is 30.4 Å². The van der Waals surface area contributed by atoms with Crippen LogP contribution in [0.1, 0.15) is 57.9 Å². The molecule has 2 aliphatic heterocycles. The van der Waals surface area contributed by atoms with Gasteiger partial charge in [-0.05, 0) is 104 Å². The van der Waals surface area contributed by atoms with E-state index in [1.54, 1.807) is 6.20 Å². The summed E-state index contributed by atoms with van der Waals surface area (Å²) in [6.45, 7) is 8.83. The van der Waals surface area contributed by atoms with Gasteiger partial charge in [0.1, 0.15) is 0 Å². The van der Waals surface area contributed by atoms with Crippen LogP contribution in [0.5, 0.6) is 0 Å². The number of rotatable bonds is 0. The third-order valence-electron chi connectivity index (χ3n) is 10.7. The summed E-state index contributed by atoms with van der Waals surface area (Å²) in [6.07, 6.45) is 5.49. The van der Waals surface area contributed by atoms with Gasteiger partial charge in [-0.15, -0.1) is 0 Å². The summed E-state index contributed by atoms with van der Waals surface area (Å²) in [7, 11) is 0. The Bertz CT molecular complexity index is 1380. The van der Waals surface area contributed by atoms with E-state index in [0.717, 1.165) is 52.3 Å². The van der Waals surface area contributed by atoms with Gasteiger partial charge in [0, 0.05) is 29.5 Å². The molecule has 1 aromatic rings. The lowest BCUT2D eigenvalue weighted by Gasteiger charge is -2.45. The Hall–Kier alpha value is -2.30. The third kappa shape index (κ3) is 1.93. The maximum atomic E-state index is 14.5. The number of aromatic nitrogens is 1. The van der Waals surface area contributed by atoms with Crippen molar-refractivity contribution in [1.29, 1.82) is 0 Å². The van der Waals surface area contributed by atoms with Gasteiger partial charge in [0.15, 0.2) is 0 Å². The monoisotopic (exact) mass is 448 g/mol. The van der Waals surface area contributed by atoms with Crippen LogP contribution in [0.3, 0.4) is 0 Å². The van der Waals surface area contributed by atoms with E-state index >= 15 is 0 Å². The second kappa shape index (κ2) is 5.34. The van der Waals surface area contributed by atoms with Crippen LogP contribution in [0.15, 0.2) is 47.3 Å². The molecule has 0 radical (unpaired) electrons. The molecule has 6 aliphatic carbocycles. The molecule has 4 atom stereocenters. The number of nitrogens with zero attached hydrogens (tertiary/aromatic N) is 2. The van der Waals surface area contributed by atoms with Crippen LogP contribution in [0.4, 0.5) is 13.2 Å². The van der Waals surface area contributed by atoms with Gasteiger partial charge in [-0.2, -0.15) is 13.2 Å². The highest BCUT2D eigenvalue weighted by Crippen LogP contribution is 2.69. The molecule has 4 unspecified atom stereocenters. The number of hydrogen-bond donors (Lipinski definition) is 0. The van der Waals surface area contributed by atoms with E-state index in [-0.39, 0.29) is 22.7 Å². The standard InChI is InChI=1S/C28H27F3N2/c1-13-26(2)20-4-5-32-24-21(28(29,30)31)11-18-22-17-9-14-6-15(10-17)8-16(7-14)19(22)12-33(27(13,26)3)25(18)23(20)24/h4-5,12,14-17H,1,6-11H2,2-3H3. The van der Waals surface area contributed by atoms with Crippen LogP contribution in [-0.2, 0) is 5.41 Å². The second-order valence-corrected chi connectivity index (χ2v) is 11.9. The van der Waals surface area contributed by atoms with E-state index in [1.807, 2.05) is 6.07 Å². The molecule has 3 heterocycles. The van der Waals surface area contributed by atoms with Gasteiger partial charge in [-0.1, -0.05) is 6.58 Å². The summed E-state index contributed by atoms with van der Waals surface area (Å²) < 4.78 is 43.4. The highest BCUT2D eigenvalue weighted by Gasteiger charge is 2.72. The molecule has 5 saturated carbocycles. The van der Waals surface area contributed by atoms with Crippen molar-refractivity contribution in [1.82, 2.24) is 9.88 Å². The van der Waals surface area contributed by atoms with Gasteiger partial charge in [0.05, 0.1) is 22.2 Å². The fraction of sp³-hybridized carbons (Fsp3) is 0.536. The Labute approximate surface area is 191 Å². The average Bonchev–Trinajstić information content (AvgIpc) is 3.29. The average molecular weight is 449 g/mol. The zero-order valence-corrected chi connectivity index (χ0v) is 19.0. The molecule has 9 rings (SSSR count). The Morgan fingerprint density at radius 3 is 2.45 bits per heavy atom. The molecule has 0 N–H and O–H groups in total. The summed E-state index contributed by atoms with van der Waals surface area (Å²) >= 11 is 0. The van der Waals surface area contributed by atoms with Crippen LogP contribution in [0.2, 0.25) is 0 Å². The van der Waals surface area contributed by atoms with Crippen molar-refractivity contribution in [3.8, 4) is 0 Å². The first-order valence-electron chi connectivity index (χ1n) is 12.4. The Balaban J connectivity index is 1.54. The van der Waals surface area contributed by atoms with Crippen LogP contribution >= 0.6 is 0 Å². The predicted molar refractivity (Wildman–Crippen MR) is 120 cm³/mol. The third-order valence-corrected chi connectivity index (χ3v) is 10.7. The van der Waals surface area contributed by atoms with Crippen molar-refractivity contribution >= 4 is 11.3 Å². The highest BCUT2D eigenvalue weighted by molar-refractivity contribution is 5.85. The number of allylic oxidation sites excluding steroid dienone is 2. The molecule has 8 aliphatic rings. The topological polar surface area (TPSA) is 16.1 Å². The van der Waals surface area contributed by atoms with Gasteiger partial charge in [-0.3, -0.25) is 4.98 Å². The number of hydrogen-bond acceptors (Lipinski definition) is 2. The fourth-order valence-corrected chi connectivity index (χ4v) is 9.08. The molecular weight excluding hydrogens is 421 g/mol. The molecule has 0 aromatic carbocycles. The summed E-state index contributed by atoms with van der Waals surface area (Å²) in [5.74, 6) is 2.34. The molecule has 2 nitrogen and oxygen atoms in total. The lowest BCUT2D eigenvalue weighted by atomic mass is 9.67. The number of fused-ring (bicyclic) bond motifs is 3. The van der Waals surface area contributed by atoms with Crippen molar-refractivity contribution in [2.45, 2.75) is 69.5 Å². The molecule has 5 fully saturated rings. The summed E-state index contributed by atoms with van der Waals surface area (Å²) in [5, 5.41) is 0.861. The van der Waals surface area contributed by atoms with Gasteiger partial charge >= 0.3 is 6.18 Å². The molecule has 0 amide bonds. The van der Waals surface area contributed by atoms with E-state index in [0.29, 0.717) is 11.8 Å². The smallest absolute Gasteiger partial charge is 0.336 e. The van der Waals surface area contributed by atoms with Crippen LogP contribution in [0, 0.1) is 23.7 Å². The SMILES string of the molecule is C=C1C2(C)c3ccnc4c3=C3C(=C5C(=CN3C12C)C1CC2CC(C1)CC5C2)CC=4C(F)(F)F. The van der Waals surface area contributed by atoms with Crippen LogP contribution in [0.25, 0.3) is 11.3 Å². The second-order valence-electron chi connectivity index (χ2n) is 11.9. The maximum Gasteiger partial charge on any atom is 0.415 e. The van der Waals surface area contributed by atoms with E-state index in [4.69, 9.17) is 0 Å². The minimum atomic E-state index is -4.39. The van der Waals surface area contributed by atoms with Gasteiger partial charge < -0.3 is 4.90 Å². The molecule has 33 heavy (non-hydrogen) atoms. The first-order chi connectivity index (χ1) is 15.6. The van der Waals surface area contributed by atoms with Gasteiger partial charge in [0.2, 0.25) is 0 Å². The van der Waals surface area contributed by atoms with Crippen molar-refractivity contribution < 1.29 is 13.2 Å².